The summed E-state index contributed by atoms with van der Waals surface area (Å²) in [6.07, 6.45) is 0. The van der Waals surface area contributed by atoms with Gasteiger partial charge in [0.25, 0.3) is 0 Å². The van der Waals surface area contributed by atoms with Gasteiger partial charge in [0.05, 0.1) is 13.2 Å². The molecule has 0 radical (unpaired) electrons. The molecule has 1 aromatic carbocycles. The van der Waals surface area contributed by atoms with E-state index in [2.05, 4.69) is 41.4 Å². The van der Waals surface area contributed by atoms with Crippen molar-refractivity contribution in [1.29, 1.82) is 0 Å². The van der Waals surface area contributed by atoms with Gasteiger partial charge in [-0.3, -0.25) is 4.90 Å². The van der Waals surface area contributed by atoms with E-state index in [0.717, 1.165) is 39.4 Å². The Morgan fingerprint density at radius 3 is 3.17 bits per heavy atom. The normalized spacial score (nSPS) is 28.9. The number of fused-ring (bicyclic) bond motifs is 1. The molecule has 0 aliphatic carbocycles. The van der Waals surface area contributed by atoms with Crippen molar-refractivity contribution in [3.8, 4) is 0 Å². The molecule has 3 nitrogen and oxygen atoms in total. The van der Waals surface area contributed by atoms with Crippen LogP contribution in [-0.2, 0) is 11.3 Å². The highest BCUT2D eigenvalue weighted by molar-refractivity contribution is 5.32. The van der Waals surface area contributed by atoms with E-state index in [1.165, 1.54) is 11.1 Å². The lowest BCUT2D eigenvalue weighted by atomic mass is 9.90. The number of morpholine rings is 1. The maximum Gasteiger partial charge on any atom is 0.0619 e. The van der Waals surface area contributed by atoms with Crippen LogP contribution in [0, 0.1) is 0 Å². The van der Waals surface area contributed by atoms with Gasteiger partial charge in [-0.25, -0.2) is 0 Å². The highest BCUT2D eigenvalue weighted by Crippen LogP contribution is 2.25. The third-order valence-corrected chi connectivity index (χ3v) is 4.16. The Kier molecular flexibility index (Phi) is 3.64. The number of nitrogens with zero attached hydrogens (tertiary/aromatic N) is 1. The summed E-state index contributed by atoms with van der Waals surface area (Å²) in [7, 11) is 0. The van der Waals surface area contributed by atoms with Crippen LogP contribution in [0.15, 0.2) is 24.3 Å². The van der Waals surface area contributed by atoms with Crippen LogP contribution in [-0.4, -0.2) is 43.8 Å². The van der Waals surface area contributed by atoms with E-state index in [9.17, 15) is 0 Å². The fraction of sp³-hybridized carbons (Fsp3) is 0.600. The summed E-state index contributed by atoms with van der Waals surface area (Å²) < 4.78 is 5.51. The number of nitrogens with one attached hydrogen (secondary N) is 1. The van der Waals surface area contributed by atoms with Crippen LogP contribution in [0.2, 0.25) is 0 Å². The van der Waals surface area contributed by atoms with E-state index in [1.54, 1.807) is 0 Å². The van der Waals surface area contributed by atoms with Gasteiger partial charge in [0.1, 0.15) is 0 Å². The van der Waals surface area contributed by atoms with Crippen LogP contribution in [0.4, 0.5) is 0 Å². The second-order valence-corrected chi connectivity index (χ2v) is 5.45. The topological polar surface area (TPSA) is 24.5 Å². The standard InChI is InChI=1S/C15H22N2O/c1-12-11-18-7-6-17(12)10-14-9-16-8-13-4-2-3-5-15(13)14/h2-5,12,14,16H,6-11H2,1H3. The van der Waals surface area contributed by atoms with Gasteiger partial charge < -0.3 is 10.1 Å². The lowest BCUT2D eigenvalue weighted by Crippen LogP contribution is -2.47. The van der Waals surface area contributed by atoms with Gasteiger partial charge in [0.2, 0.25) is 0 Å². The van der Waals surface area contributed by atoms with Crippen LogP contribution in [0.1, 0.15) is 24.0 Å². The van der Waals surface area contributed by atoms with Crippen molar-refractivity contribution in [2.45, 2.75) is 25.4 Å². The SMILES string of the molecule is CC1COCCN1CC1CNCc2ccccc21. The zero-order chi connectivity index (χ0) is 12.4. The summed E-state index contributed by atoms with van der Waals surface area (Å²) in [5.74, 6) is 0.621. The molecule has 1 N–H and O–H groups in total. The molecule has 1 aromatic rings. The maximum absolute atomic E-state index is 5.51. The van der Waals surface area contributed by atoms with Crippen LogP contribution in [0.25, 0.3) is 0 Å². The Balaban J connectivity index is 1.73. The zero-order valence-corrected chi connectivity index (χ0v) is 11.1. The van der Waals surface area contributed by atoms with Crippen LogP contribution in [0.3, 0.4) is 0 Å². The van der Waals surface area contributed by atoms with Crippen molar-refractivity contribution < 1.29 is 4.74 Å². The lowest BCUT2D eigenvalue weighted by Gasteiger charge is -2.37. The molecule has 98 valence electrons. The Morgan fingerprint density at radius 2 is 2.28 bits per heavy atom. The quantitative estimate of drug-likeness (QED) is 0.858. The van der Waals surface area contributed by atoms with Crippen molar-refractivity contribution in [2.24, 2.45) is 0 Å². The molecule has 0 bridgehead atoms. The third kappa shape index (κ3) is 2.44. The summed E-state index contributed by atoms with van der Waals surface area (Å²) in [4.78, 5) is 2.57. The molecule has 3 rings (SSSR count). The first-order chi connectivity index (χ1) is 8.84. The van der Waals surface area contributed by atoms with Gasteiger partial charge in [-0.05, 0) is 18.1 Å². The number of benzene rings is 1. The molecule has 0 spiro atoms. The van der Waals surface area contributed by atoms with E-state index >= 15 is 0 Å². The second-order valence-electron chi connectivity index (χ2n) is 5.45. The second kappa shape index (κ2) is 5.39. The first kappa shape index (κ1) is 12.2. The summed E-state index contributed by atoms with van der Waals surface area (Å²) in [5, 5.41) is 3.54. The van der Waals surface area contributed by atoms with Gasteiger partial charge in [0, 0.05) is 38.1 Å². The van der Waals surface area contributed by atoms with Crippen molar-refractivity contribution in [3.63, 3.8) is 0 Å². The molecule has 2 aliphatic heterocycles. The summed E-state index contributed by atoms with van der Waals surface area (Å²) in [6.45, 7) is 8.36. The van der Waals surface area contributed by atoms with Crippen molar-refractivity contribution in [1.82, 2.24) is 10.2 Å². The lowest BCUT2D eigenvalue weighted by molar-refractivity contribution is -0.00329. The highest BCUT2D eigenvalue weighted by Gasteiger charge is 2.25. The monoisotopic (exact) mass is 246 g/mol. The van der Waals surface area contributed by atoms with E-state index in [-0.39, 0.29) is 0 Å². The molecule has 0 amide bonds. The Bertz CT molecular complexity index is 407. The number of hydrogen-bond donors (Lipinski definition) is 1. The molecule has 1 saturated heterocycles. The molecular formula is C15H22N2O. The summed E-state index contributed by atoms with van der Waals surface area (Å²) in [6, 6.07) is 9.40. The minimum Gasteiger partial charge on any atom is -0.379 e. The number of rotatable bonds is 2. The van der Waals surface area contributed by atoms with Gasteiger partial charge >= 0.3 is 0 Å². The number of ether oxygens (including phenoxy) is 1. The number of hydrogen-bond acceptors (Lipinski definition) is 3. The molecular weight excluding hydrogens is 224 g/mol. The van der Waals surface area contributed by atoms with Gasteiger partial charge in [0.15, 0.2) is 0 Å². The first-order valence-electron chi connectivity index (χ1n) is 6.95. The maximum atomic E-state index is 5.51. The van der Waals surface area contributed by atoms with Crippen LogP contribution in [0.5, 0.6) is 0 Å². The van der Waals surface area contributed by atoms with Crippen molar-refractivity contribution >= 4 is 0 Å². The Hall–Kier alpha value is -0.900. The molecule has 3 heteroatoms. The molecule has 0 aromatic heterocycles. The largest absolute Gasteiger partial charge is 0.379 e. The highest BCUT2D eigenvalue weighted by atomic mass is 16.5. The van der Waals surface area contributed by atoms with Gasteiger partial charge in [-0.1, -0.05) is 24.3 Å². The van der Waals surface area contributed by atoms with Gasteiger partial charge in [-0.2, -0.15) is 0 Å². The van der Waals surface area contributed by atoms with Crippen molar-refractivity contribution in [3.05, 3.63) is 35.4 Å². The molecule has 1 fully saturated rings. The fourth-order valence-electron chi connectivity index (χ4n) is 3.06. The summed E-state index contributed by atoms with van der Waals surface area (Å²) >= 11 is 0. The summed E-state index contributed by atoms with van der Waals surface area (Å²) in [5.41, 5.74) is 3.00. The predicted octanol–water partition coefficient (Wildman–Crippen LogP) is 1.59. The minimum atomic E-state index is 0.549. The average molecular weight is 246 g/mol. The minimum absolute atomic E-state index is 0.549. The third-order valence-electron chi connectivity index (χ3n) is 4.16. The van der Waals surface area contributed by atoms with Crippen LogP contribution < -0.4 is 5.32 Å². The van der Waals surface area contributed by atoms with E-state index in [0.29, 0.717) is 12.0 Å². The molecule has 2 heterocycles. The van der Waals surface area contributed by atoms with E-state index in [4.69, 9.17) is 4.74 Å². The van der Waals surface area contributed by atoms with Crippen molar-refractivity contribution in [2.75, 3.05) is 32.8 Å². The zero-order valence-electron chi connectivity index (χ0n) is 11.1. The smallest absolute Gasteiger partial charge is 0.0619 e. The molecule has 0 saturated carbocycles. The van der Waals surface area contributed by atoms with E-state index < -0.39 is 0 Å². The molecule has 2 atom stereocenters. The van der Waals surface area contributed by atoms with E-state index in [1.807, 2.05) is 0 Å². The van der Waals surface area contributed by atoms with Crippen LogP contribution >= 0.6 is 0 Å². The molecule has 18 heavy (non-hydrogen) atoms. The predicted molar refractivity (Wildman–Crippen MR) is 72.7 cm³/mol. The molecule has 2 aliphatic rings. The fourth-order valence-corrected chi connectivity index (χ4v) is 3.06. The molecule has 2 unspecified atom stereocenters. The Labute approximate surface area is 109 Å². The Morgan fingerprint density at radius 1 is 1.39 bits per heavy atom. The first-order valence-corrected chi connectivity index (χ1v) is 6.95. The average Bonchev–Trinajstić information content (AvgIpc) is 2.42. The van der Waals surface area contributed by atoms with Gasteiger partial charge in [-0.15, -0.1) is 0 Å².